The second-order valence-corrected chi connectivity index (χ2v) is 12.6. The minimum absolute atomic E-state index is 0.0361. The van der Waals surface area contributed by atoms with Crippen LogP contribution in [0.3, 0.4) is 0 Å². The van der Waals surface area contributed by atoms with Crippen molar-refractivity contribution in [3.05, 3.63) is 58.9 Å². The highest BCUT2D eigenvalue weighted by Crippen LogP contribution is 2.41. The predicted octanol–water partition coefficient (Wildman–Crippen LogP) is 3.56. The van der Waals surface area contributed by atoms with E-state index in [4.69, 9.17) is 0 Å². The number of nitrogens with zero attached hydrogens (tertiary/aromatic N) is 2. The molecule has 1 aromatic carbocycles. The summed E-state index contributed by atoms with van der Waals surface area (Å²) < 4.78 is 63.2. The second-order valence-electron chi connectivity index (χ2n) is 10.3. The summed E-state index contributed by atoms with van der Waals surface area (Å²) in [5, 5.41) is 22.7. The Morgan fingerprint density at radius 3 is 2.38 bits per heavy atom. The highest BCUT2D eigenvalue weighted by atomic mass is 32.2. The average molecular weight is 570 g/mol. The third kappa shape index (κ3) is 6.62. The smallest absolute Gasteiger partial charge is 0.391 e. The summed E-state index contributed by atoms with van der Waals surface area (Å²) in [4.78, 5) is 19.6. The number of alkyl halides is 3. The quantitative estimate of drug-likeness (QED) is 0.423. The Balaban J connectivity index is 1.41. The zero-order chi connectivity index (χ0) is 28.4. The van der Waals surface area contributed by atoms with Crippen LogP contribution in [0.25, 0.3) is 0 Å². The van der Waals surface area contributed by atoms with Gasteiger partial charge in [0.15, 0.2) is 9.84 Å². The van der Waals surface area contributed by atoms with Crippen molar-refractivity contribution in [1.82, 2.24) is 15.2 Å². The van der Waals surface area contributed by atoms with Crippen LogP contribution in [0.15, 0.2) is 41.4 Å². The van der Waals surface area contributed by atoms with Gasteiger partial charge in [-0.1, -0.05) is 19.1 Å². The number of benzene rings is 1. The topological polar surface area (TPSA) is 120 Å². The first kappa shape index (κ1) is 29.4. The normalized spacial score (nSPS) is 22.9. The Morgan fingerprint density at radius 2 is 1.82 bits per heavy atom. The van der Waals surface area contributed by atoms with Gasteiger partial charge in [-0.05, 0) is 60.9 Å². The molecular weight excluding hydrogens is 535 g/mol. The fourth-order valence-electron chi connectivity index (χ4n) is 5.52. The molecule has 0 radical (unpaired) electrons. The van der Waals surface area contributed by atoms with E-state index in [1.807, 2.05) is 4.90 Å². The third-order valence-electron chi connectivity index (χ3n) is 7.88. The molecule has 39 heavy (non-hydrogen) atoms. The van der Waals surface area contributed by atoms with E-state index in [-0.39, 0.29) is 47.6 Å². The van der Waals surface area contributed by atoms with Crippen LogP contribution in [0.2, 0.25) is 0 Å². The number of fused-ring (bicyclic) bond motifs is 1. The lowest BCUT2D eigenvalue weighted by atomic mass is 9.81. The lowest BCUT2D eigenvalue weighted by Gasteiger charge is -2.33. The van der Waals surface area contributed by atoms with Gasteiger partial charge in [-0.2, -0.15) is 13.2 Å². The number of amides is 1. The highest BCUT2D eigenvalue weighted by Gasteiger charge is 2.42. The molecule has 4 rings (SSSR count). The summed E-state index contributed by atoms with van der Waals surface area (Å²) >= 11 is 0. The molecule has 2 heterocycles. The molecular formula is C27H34F3N3O5S. The molecule has 1 aliphatic carbocycles. The summed E-state index contributed by atoms with van der Waals surface area (Å²) in [6, 6.07) is 6.52. The van der Waals surface area contributed by atoms with Crippen molar-refractivity contribution in [2.24, 2.45) is 11.8 Å². The minimum Gasteiger partial charge on any atom is -0.394 e. The van der Waals surface area contributed by atoms with Crippen LogP contribution >= 0.6 is 0 Å². The Morgan fingerprint density at radius 1 is 1.15 bits per heavy atom. The summed E-state index contributed by atoms with van der Waals surface area (Å²) in [5.74, 6) is -1.66. The van der Waals surface area contributed by atoms with E-state index < -0.39 is 40.5 Å². The maximum atomic E-state index is 13.0. The summed E-state index contributed by atoms with van der Waals surface area (Å²) in [7, 11) is -3.37. The van der Waals surface area contributed by atoms with E-state index in [1.165, 1.54) is 18.3 Å². The summed E-state index contributed by atoms with van der Waals surface area (Å²) in [6.07, 6.45) is -1.57. The Kier molecular flexibility index (Phi) is 8.99. The number of pyridine rings is 1. The maximum Gasteiger partial charge on any atom is 0.391 e. The molecule has 1 unspecified atom stereocenters. The number of rotatable bonds is 9. The summed E-state index contributed by atoms with van der Waals surface area (Å²) in [5.41, 5.74) is 2.22. The van der Waals surface area contributed by atoms with Gasteiger partial charge in [0.05, 0.1) is 53.1 Å². The first-order chi connectivity index (χ1) is 18.5. The van der Waals surface area contributed by atoms with Crippen molar-refractivity contribution >= 4 is 15.7 Å². The molecule has 1 aliphatic heterocycles. The number of carbonyl (C=O) groups is 1. The molecule has 0 spiro atoms. The van der Waals surface area contributed by atoms with E-state index in [0.29, 0.717) is 37.2 Å². The van der Waals surface area contributed by atoms with Crippen LogP contribution in [0.4, 0.5) is 13.2 Å². The van der Waals surface area contributed by atoms with E-state index in [1.54, 1.807) is 25.1 Å². The van der Waals surface area contributed by atoms with Crippen molar-refractivity contribution in [2.45, 2.75) is 62.3 Å². The number of nitrogens with one attached hydrogen (secondary N) is 1. The number of hydrogen-bond acceptors (Lipinski definition) is 7. The molecule has 3 N–H and O–H groups in total. The first-order valence-electron chi connectivity index (χ1n) is 13.1. The van der Waals surface area contributed by atoms with Crippen LogP contribution in [0.5, 0.6) is 0 Å². The molecule has 0 saturated heterocycles. The zero-order valence-corrected chi connectivity index (χ0v) is 22.5. The summed E-state index contributed by atoms with van der Waals surface area (Å²) in [6.45, 7) is 1.92. The first-order valence-corrected chi connectivity index (χ1v) is 14.8. The van der Waals surface area contributed by atoms with Crippen LogP contribution in [0, 0.1) is 11.8 Å². The Hall–Kier alpha value is -2.54. The van der Waals surface area contributed by atoms with Crippen molar-refractivity contribution in [1.29, 1.82) is 0 Å². The molecule has 1 fully saturated rings. The Bertz CT molecular complexity index is 1260. The molecule has 214 valence electrons. The van der Waals surface area contributed by atoms with E-state index in [0.717, 1.165) is 5.56 Å². The minimum atomic E-state index is -4.16. The number of halogens is 3. The van der Waals surface area contributed by atoms with Gasteiger partial charge in [0.25, 0.3) is 5.91 Å². The number of carbonyl (C=O) groups excluding carboxylic acids is 1. The van der Waals surface area contributed by atoms with Crippen LogP contribution < -0.4 is 5.32 Å². The van der Waals surface area contributed by atoms with Crippen LogP contribution in [-0.4, -0.2) is 66.1 Å². The second kappa shape index (κ2) is 11.9. The van der Waals surface area contributed by atoms with Crippen molar-refractivity contribution in [3.8, 4) is 0 Å². The molecule has 2 aromatic rings. The predicted molar refractivity (Wildman–Crippen MR) is 137 cm³/mol. The maximum absolute atomic E-state index is 13.0. The lowest BCUT2D eigenvalue weighted by molar-refractivity contribution is -0.184. The van der Waals surface area contributed by atoms with E-state index >= 15 is 0 Å². The SMILES string of the molecule is CCS(=O)(=O)c1ccc(C(CO)NC(=O)c2cnc3c(c2)CN(C[C@H]2CC[C@H](C(F)(F)F)CC2)[C@H]3CO)cc1. The standard InChI is InChI=1S/C27H34F3N3O5S/c1-2-39(37,38)22-9-5-18(6-10-22)23(15-34)32-26(36)19-11-20-14-33(24(16-35)25(20)31-12-19)13-17-3-7-21(8-4-17)27(28,29)30/h5-6,9-12,17,21,23-24,34-35H,2-4,7-8,13-16H2,1H3,(H,32,36)/t17-,21-,23?,24-/m0/s1. The molecule has 8 nitrogen and oxygen atoms in total. The third-order valence-corrected chi connectivity index (χ3v) is 9.63. The zero-order valence-electron chi connectivity index (χ0n) is 21.7. The lowest BCUT2D eigenvalue weighted by Crippen LogP contribution is -2.34. The Labute approximate surface area is 226 Å². The number of aromatic nitrogens is 1. The fourth-order valence-corrected chi connectivity index (χ4v) is 6.41. The van der Waals surface area contributed by atoms with Gasteiger partial charge >= 0.3 is 6.18 Å². The van der Waals surface area contributed by atoms with Gasteiger partial charge in [-0.3, -0.25) is 14.7 Å². The molecule has 1 saturated carbocycles. The monoisotopic (exact) mass is 569 g/mol. The van der Waals surface area contributed by atoms with Gasteiger partial charge in [0, 0.05) is 19.3 Å². The largest absolute Gasteiger partial charge is 0.394 e. The average Bonchev–Trinajstić information content (AvgIpc) is 3.27. The number of aliphatic hydroxyl groups is 2. The number of sulfone groups is 1. The van der Waals surface area contributed by atoms with Crippen molar-refractivity contribution < 1.29 is 36.6 Å². The van der Waals surface area contributed by atoms with E-state index in [2.05, 4.69) is 10.3 Å². The van der Waals surface area contributed by atoms with Gasteiger partial charge in [-0.15, -0.1) is 0 Å². The highest BCUT2D eigenvalue weighted by molar-refractivity contribution is 7.91. The van der Waals surface area contributed by atoms with Crippen molar-refractivity contribution in [2.75, 3.05) is 25.5 Å². The van der Waals surface area contributed by atoms with Crippen LogP contribution in [-0.2, 0) is 16.4 Å². The van der Waals surface area contributed by atoms with Gasteiger partial charge in [0.1, 0.15) is 0 Å². The van der Waals surface area contributed by atoms with E-state index in [9.17, 15) is 36.6 Å². The number of aliphatic hydroxyl groups excluding tert-OH is 2. The molecule has 0 bridgehead atoms. The molecule has 2 atom stereocenters. The van der Waals surface area contributed by atoms with Gasteiger partial charge in [-0.25, -0.2) is 8.42 Å². The molecule has 2 aliphatic rings. The number of hydrogen-bond donors (Lipinski definition) is 3. The fraction of sp³-hybridized carbons (Fsp3) is 0.556. The van der Waals surface area contributed by atoms with Crippen molar-refractivity contribution in [3.63, 3.8) is 0 Å². The van der Waals surface area contributed by atoms with Gasteiger partial charge in [0.2, 0.25) is 0 Å². The molecule has 12 heteroatoms. The van der Waals surface area contributed by atoms with Gasteiger partial charge < -0.3 is 15.5 Å². The molecule has 1 amide bonds. The van der Waals surface area contributed by atoms with Crippen LogP contribution in [0.1, 0.15) is 71.9 Å². The molecule has 1 aromatic heterocycles.